The number of rotatable bonds is 4. The molecule has 1 aliphatic heterocycles. The van der Waals surface area contributed by atoms with Crippen LogP contribution in [0.1, 0.15) is 16.8 Å². The molecule has 1 amide bonds. The number of ether oxygens (including phenoxy) is 1. The second-order valence-corrected chi connectivity index (χ2v) is 6.61. The fourth-order valence-electron chi connectivity index (χ4n) is 2.41. The highest BCUT2D eigenvalue weighted by Gasteiger charge is 2.28. The molecule has 1 fully saturated rings. The van der Waals surface area contributed by atoms with E-state index in [4.69, 9.17) is 9.88 Å². The molecule has 1 aromatic carbocycles. The molecule has 1 saturated heterocycles. The van der Waals surface area contributed by atoms with Crippen LogP contribution in [0.15, 0.2) is 23.1 Å². The molecule has 1 unspecified atom stereocenters. The lowest BCUT2D eigenvalue weighted by Gasteiger charge is -2.17. The molecule has 1 aliphatic rings. The van der Waals surface area contributed by atoms with Crippen molar-refractivity contribution < 1.29 is 22.3 Å². The van der Waals surface area contributed by atoms with Crippen LogP contribution in [-0.2, 0) is 14.8 Å². The molecule has 116 valence electrons. The summed E-state index contributed by atoms with van der Waals surface area (Å²) in [6.07, 6.45) is 0.802. The van der Waals surface area contributed by atoms with Crippen LogP contribution in [0.2, 0.25) is 0 Å². The molecule has 1 atom stereocenters. The normalized spacial score (nSPS) is 19.0. The van der Waals surface area contributed by atoms with Crippen molar-refractivity contribution in [2.75, 3.05) is 26.8 Å². The van der Waals surface area contributed by atoms with Crippen molar-refractivity contribution in [2.45, 2.75) is 11.3 Å². The Balaban J connectivity index is 2.17. The van der Waals surface area contributed by atoms with Crippen LogP contribution in [0, 0.1) is 11.7 Å². The lowest BCUT2D eigenvalue weighted by Crippen LogP contribution is -2.30. The number of benzene rings is 1. The number of sulfonamides is 1. The average Bonchev–Trinajstić information content (AvgIpc) is 2.86. The van der Waals surface area contributed by atoms with Gasteiger partial charge in [-0.3, -0.25) is 4.79 Å². The first-order valence-corrected chi connectivity index (χ1v) is 7.98. The van der Waals surface area contributed by atoms with Gasteiger partial charge in [0.1, 0.15) is 5.82 Å². The van der Waals surface area contributed by atoms with E-state index in [0.29, 0.717) is 19.7 Å². The molecule has 0 saturated carbocycles. The Morgan fingerprint density at radius 3 is 2.81 bits per heavy atom. The lowest BCUT2D eigenvalue weighted by atomic mass is 10.1. The van der Waals surface area contributed by atoms with Gasteiger partial charge >= 0.3 is 0 Å². The second kappa shape index (κ2) is 6.08. The highest BCUT2D eigenvalue weighted by molar-refractivity contribution is 7.89. The van der Waals surface area contributed by atoms with E-state index >= 15 is 0 Å². The zero-order valence-corrected chi connectivity index (χ0v) is 12.4. The number of primary sulfonamides is 1. The molecule has 2 rings (SSSR count). The molecule has 0 aliphatic carbocycles. The standard InChI is InChI=1S/C13H17FN2O4S/c1-20-8-9-4-5-16(7-9)13(17)11-3-2-10(6-12(11)14)21(15,18)19/h2-3,6,9H,4-5,7-8H2,1H3,(H2,15,18,19). The Hall–Kier alpha value is -1.51. The van der Waals surface area contributed by atoms with Gasteiger partial charge < -0.3 is 9.64 Å². The van der Waals surface area contributed by atoms with Gasteiger partial charge in [-0.25, -0.2) is 17.9 Å². The van der Waals surface area contributed by atoms with Gasteiger partial charge in [0.15, 0.2) is 0 Å². The number of nitrogens with zero attached hydrogens (tertiary/aromatic N) is 1. The highest BCUT2D eigenvalue weighted by Crippen LogP contribution is 2.21. The molecule has 21 heavy (non-hydrogen) atoms. The molecule has 2 N–H and O–H groups in total. The molecule has 0 bridgehead atoms. The minimum atomic E-state index is -3.98. The van der Waals surface area contributed by atoms with Gasteiger partial charge in [0.05, 0.1) is 17.1 Å². The smallest absolute Gasteiger partial charge is 0.256 e. The predicted molar refractivity (Wildman–Crippen MR) is 73.7 cm³/mol. The third-order valence-corrected chi connectivity index (χ3v) is 4.39. The van der Waals surface area contributed by atoms with Crippen molar-refractivity contribution in [3.05, 3.63) is 29.6 Å². The molecular weight excluding hydrogens is 299 g/mol. The molecule has 0 radical (unpaired) electrons. The van der Waals surface area contributed by atoms with Gasteiger partial charge in [0.2, 0.25) is 10.0 Å². The Labute approximate surface area is 122 Å². The number of likely N-dealkylation sites (tertiary alicyclic amines) is 1. The summed E-state index contributed by atoms with van der Waals surface area (Å²) in [4.78, 5) is 13.4. The maximum Gasteiger partial charge on any atom is 0.256 e. The van der Waals surface area contributed by atoms with Gasteiger partial charge in [0, 0.05) is 26.1 Å². The molecule has 1 aromatic rings. The van der Waals surface area contributed by atoms with Crippen LogP contribution in [0.3, 0.4) is 0 Å². The summed E-state index contributed by atoms with van der Waals surface area (Å²) in [5, 5.41) is 4.92. The van der Waals surface area contributed by atoms with Gasteiger partial charge in [-0.1, -0.05) is 0 Å². The average molecular weight is 316 g/mol. The third kappa shape index (κ3) is 3.58. The Kier molecular flexibility index (Phi) is 4.60. The zero-order chi connectivity index (χ0) is 15.6. The van der Waals surface area contributed by atoms with Crippen LogP contribution in [-0.4, -0.2) is 46.0 Å². The Morgan fingerprint density at radius 1 is 1.52 bits per heavy atom. The number of carbonyl (C=O) groups excluding carboxylic acids is 1. The molecule has 0 spiro atoms. The van der Waals surface area contributed by atoms with Crippen molar-refractivity contribution in [3.63, 3.8) is 0 Å². The number of methoxy groups -OCH3 is 1. The number of hydrogen-bond donors (Lipinski definition) is 1. The van der Waals surface area contributed by atoms with Crippen LogP contribution in [0.5, 0.6) is 0 Å². The van der Waals surface area contributed by atoms with E-state index in [2.05, 4.69) is 0 Å². The zero-order valence-electron chi connectivity index (χ0n) is 11.6. The SMILES string of the molecule is COCC1CCN(C(=O)c2ccc(S(N)(=O)=O)cc2F)C1. The molecule has 6 nitrogen and oxygen atoms in total. The monoisotopic (exact) mass is 316 g/mol. The van der Waals surface area contributed by atoms with E-state index < -0.39 is 21.7 Å². The first-order valence-electron chi connectivity index (χ1n) is 6.43. The second-order valence-electron chi connectivity index (χ2n) is 5.05. The maximum absolute atomic E-state index is 13.9. The maximum atomic E-state index is 13.9. The fourth-order valence-corrected chi connectivity index (χ4v) is 2.93. The van der Waals surface area contributed by atoms with E-state index in [1.54, 1.807) is 12.0 Å². The van der Waals surface area contributed by atoms with Crippen LogP contribution in [0.25, 0.3) is 0 Å². The summed E-state index contributed by atoms with van der Waals surface area (Å²) in [5.41, 5.74) is -0.152. The van der Waals surface area contributed by atoms with Crippen molar-refractivity contribution >= 4 is 15.9 Å². The molecule has 1 heterocycles. The van der Waals surface area contributed by atoms with Gasteiger partial charge in [-0.2, -0.15) is 0 Å². The summed E-state index contributed by atoms with van der Waals surface area (Å²) in [7, 11) is -2.39. The minimum absolute atomic E-state index is 0.152. The third-order valence-electron chi connectivity index (χ3n) is 3.47. The summed E-state index contributed by atoms with van der Waals surface area (Å²) in [5.74, 6) is -1.10. The molecule has 0 aromatic heterocycles. The number of hydrogen-bond acceptors (Lipinski definition) is 4. The Morgan fingerprint density at radius 2 is 2.24 bits per heavy atom. The number of nitrogens with two attached hydrogens (primary N) is 1. The van der Waals surface area contributed by atoms with Crippen LogP contribution < -0.4 is 5.14 Å². The van der Waals surface area contributed by atoms with Gasteiger partial charge in [-0.15, -0.1) is 0 Å². The number of amides is 1. The lowest BCUT2D eigenvalue weighted by molar-refractivity contribution is 0.0770. The van der Waals surface area contributed by atoms with E-state index in [0.717, 1.165) is 24.6 Å². The fraction of sp³-hybridized carbons (Fsp3) is 0.462. The van der Waals surface area contributed by atoms with Crippen molar-refractivity contribution in [1.82, 2.24) is 4.90 Å². The predicted octanol–water partition coefficient (Wildman–Crippen LogP) is 0.582. The van der Waals surface area contributed by atoms with E-state index in [1.807, 2.05) is 0 Å². The van der Waals surface area contributed by atoms with E-state index in [-0.39, 0.29) is 16.4 Å². The van der Waals surface area contributed by atoms with Crippen LogP contribution >= 0.6 is 0 Å². The molecule has 8 heteroatoms. The summed E-state index contributed by atoms with van der Waals surface area (Å²) in [6.45, 7) is 1.59. The van der Waals surface area contributed by atoms with Crippen molar-refractivity contribution in [3.8, 4) is 0 Å². The van der Waals surface area contributed by atoms with Crippen LogP contribution in [0.4, 0.5) is 4.39 Å². The van der Waals surface area contributed by atoms with Crippen molar-refractivity contribution in [1.29, 1.82) is 0 Å². The molecular formula is C13H17FN2O4S. The van der Waals surface area contributed by atoms with Gasteiger partial charge in [0.25, 0.3) is 5.91 Å². The van der Waals surface area contributed by atoms with Crippen molar-refractivity contribution in [2.24, 2.45) is 11.1 Å². The van der Waals surface area contributed by atoms with E-state index in [1.165, 1.54) is 0 Å². The quantitative estimate of drug-likeness (QED) is 0.880. The largest absolute Gasteiger partial charge is 0.384 e. The van der Waals surface area contributed by atoms with E-state index in [9.17, 15) is 17.6 Å². The topological polar surface area (TPSA) is 89.7 Å². The number of carbonyl (C=O) groups is 1. The Bertz CT molecular complexity index is 648. The number of halogens is 1. The summed E-state index contributed by atoms with van der Waals surface area (Å²) < 4.78 is 41.3. The summed E-state index contributed by atoms with van der Waals surface area (Å²) >= 11 is 0. The first-order chi connectivity index (χ1) is 9.82. The first kappa shape index (κ1) is 15.9. The minimum Gasteiger partial charge on any atom is -0.384 e. The summed E-state index contributed by atoms with van der Waals surface area (Å²) in [6, 6.07) is 3.06. The highest BCUT2D eigenvalue weighted by atomic mass is 32.2. The van der Waals surface area contributed by atoms with Gasteiger partial charge in [-0.05, 0) is 24.6 Å².